The zero-order valence-electron chi connectivity index (χ0n) is 14.0. The van der Waals surface area contributed by atoms with Crippen molar-refractivity contribution < 1.29 is 0 Å². The highest BCUT2D eigenvalue weighted by atomic mass is 14.9. The second-order valence-corrected chi connectivity index (χ2v) is 5.84. The van der Waals surface area contributed by atoms with Crippen LogP contribution in [0.4, 0.5) is 5.69 Å². The maximum atomic E-state index is 4.31. The number of nitrogens with one attached hydrogen (secondary N) is 1. The van der Waals surface area contributed by atoms with Gasteiger partial charge in [-0.05, 0) is 36.0 Å². The first-order valence-corrected chi connectivity index (χ1v) is 7.67. The van der Waals surface area contributed by atoms with E-state index in [0.29, 0.717) is 18.4 Å². The van der Waals surface area contributed by atoms with Gasteiger partial charge in [0.25, 0.3) is 0 Å². The van der Waals surface area contributed by atoms with Crippen LogP contribution in [0.3, 0.4) is 0 Å². The Morgan fingerprint density at radius 1 is 1.19 bits per heavy atom. The van der Waals surface area contributed by atoms with E-state index < -0.39 is 0 Å². The monoisotopic (exact) mass is 284 g/mol. The minimum absolute atomic E-state index is 0.492. The summed E-state index contributed by atoms with van der Waals surface area (Å²) >= 11 is 0. The predicted molar refractivity (Wildman–Crippen MR) is 95.6 cm³/mol. The number of nitrogens with zero attached hydrogens (tertiary/aromatic N) is 1. The maximum absolute atomic E-state index is 4.31. The molecule has 1 rings (SSSR count). The average molecular weight is 284 g/mol. The molecule has 0 unspecified atom stereocenters. The summed E-state index contributed by atoms with van der Waals surface area (Å²) in [5.41, 5.74) is 4.78. The van der Waals surface area contributed by atoms with Gasteiger partial charge in [0.05, 0.1) is 12.2 Å². The summed E-state index contributed by atoms with van der Waals surface area (Å²) in [6, 6.07) is 6.55. The van der Waals surface area contributed by atoms with Gasteiger partial charge in [-0.3, -0.25) is 4.99 Å². The van der Waals surface area contributed by atoms with Crippen molar-refractivity contribution in [3.63, 3.8) is 0 Å². The number of anilines is 1. The summed E-state index contributed by atoms with van der Waals surface area (Å²) in [6.07, 6.45) is 5.64. The van der Waals surface area contributed by atoms with Crippen LogP contribution >= 0.6 is 0 Å². The topological polar surface area (TPSA) is 24.4 Å². The summed E-state index contributed by atoms with van der Waals surface area (Å²) < 4.78 is 0. The number of aliphatic imine (C=N–C) groups is 1. The Morgan fingerprint density at radius 3 is 2.24 bits per heavy atom. The Labute approximate surface area is 129 Å². The van der Waals surface area contributed by atoms with Gasteiger partial charge in [0.1, 0.15) is 0 Å². The van der Waals surface area contributed by atoms with Crippen LogP contribution in [0.5, 0.6) is 0 Å². The lowest BCUT2D eigenvalue weighted by Crippen LogP contribution is -2.09. The molecule has 1 N–H and O–H groups in total. The maximum Gasteiger partial charge on any atom is 0.0567 e. The molecule has 0 aromatic heterocycles. The fourth-order valence-electron chi connectivity index (χ4n) is 2.23. The minimum atomic E-state index is 0.492. The van der Waals surface area contributed by atoms with Gasteiger partial charge in [-0.25, -0.2) is 0 Å². The van der Waals surface area contributed by atoms with E-state index in [1.807, 2.05) is 19.1 Å². The largest absolute Gasteiger partial charge is 0.379 e. The predicted octanol–water partition coefficient (Wildman–Crippen LogP) is 5.51. The molecule has 0 aliphatic rings. The quantitative estimate of drug-likeness (QED) is 0.656. The average Bonchev–Trinajstić information content (AvgIpc) is 2.44. The number of para-hydroxylation sites is 1. The second-order valence-electron chi connectivity index (χ2n) is 5.84. The molecule has 1 aromatic carbocycles. The second kappa shape index (κ2) is 8.46. The molecule has 0 fully saturated rings. The van der Waals surface area contributed by atoms with Crippen LogP contribution in [-0.4, -0.2) is 12.8 Å². The van der Waals surface area contributed by atoms with Crippen LogP contribution in [-0.2, 0) is 0 Å². The van der Waals surface area contributed by atoms with E-state index in [-0.39, 0.29) is 0 Å². The lowest BCUT2D eigenvalue weighted by molar-refractivity contribution is 0.834. The molecule has 0 saturated carbocycles. The number of allylic oxidation sites excluding steroid dienone is 2. The lowest BCUT2D eigenvalue weighted by Gasteiger charge is -2.20. The van der Waals surface area contributed by atoms with E-state index in [1.54, 1.807) is 6.21 Å². The van der Waals surface area contributed by atoms with E-state index >= 15 is 0 Å². The zero-order valence-corrected chi connectivity index (χ0v) is 14.0. The van der Waals surface area contributed by atoms with Crippen molar-refractivity contribution >= 4 is 11.9 Å². The number of rotatable bonds is 7. The number of benzene rings is 1. The molecule has 0 bridgehead atoms. The number of hydrogen-bond donors (Lipinski definition) is 1. The minimum Gasteiger partial charge on any atom is -0.379 e. The van der Waals surface area contributed by atoms with E-state index in [1.165, 1.54) is 16.8 Å². The Kier molecular flexibility index (Phi) is 6.93. The molecule has 1 aromatic rings. The van der Waals surface area contributed by atoms with E-state index in [0.717, 1.165) is 5.70 Å². The van der Waals surface area contributed by atoms with Gasteiger partial charge < -0.3 is 5.32 Å². The van der Waals surface area contributed by atoms with Crippen LogP contribution in [0.2, 0.25) is 0 Å². The molecule has 0 aliphatic carbocycles. The van der Waals surface area contributed by atoms with Crippen LogP contribution < -0.4 is 5.32 Å². The molecule has 0 atom stereocenters. The van der Waals surface area contributed by atoms with Crippen LogP contribution in [0, 0.1) is 0 Å². The van der Waals surface area contributed by atoms with Gasteiger partial charge in [-0.2, -0.15) is 0 Å². The highest BCUT2D eigenvalue weighted by molar-refractivity contribution is 5.72. The van der Waals surface area contributed by atoms with E-state index in [2.05, 4.69) is 62.8 Å². The van der Waals surface area contributed by atoms with Crippen LogP contribution in [0.25, 0.3) is 0 Å². The first kappa shape index (κ1) is 17.2. The van der Waals surface area contributed by atoms with Gasteiger partial charge in [0.2, 0.25) is 0 Å². The van der Waals surface area contributed by atoms with E-state index in [9.17, 15) is 0 Å². The Bertz CT molecular complexity index is 496. The molecule has 114 valence electrons. The van der Waals surface area contributed by atoms with Crippen LogP contribution in [0.1, 0.15) is 57.6 Å². The molecule has 21 heavy (non-hydrogen) atoms. The standard InChI is InChI=1S/C19H28N2/c1-7-8-12-20-16(6)13-21-19-17(14(2)3)10-9-11-18(19)15(4)5/h7-12,14-15,21H,6,13H2,1-5H3/b8-7-,20-12?. The summed E-state index contributed by atoms with van der Waals surface area (Å²) in [5, 5.41) is 3.53. The summed E-state index contributed by atoms with van der Waals surface area (Å²) in [6.45, 7) is 15.5. The molecule has 0 aliphatic heterocycles. The van der Waals surface area contributed by atoms with Crippen molar-refractivity contribution in [1.29, 1.82) is 0 Å². The normalized spacial score (nSPS) is 12.0. The third kappa shape index (κ3) is 5.22. The summed E-state index contributed by atoms with van der Waals surface area (Å²) in [4.78, 5) is 4.31. The molecule has 0 spiro atoms. The first-order valence-electron chi connectivity index (χ1n) is 7.67. The third-order valence-electron chi connectivity index (χ3n) is 3.38. The molecule has 2 nitrogen and oxygen atoms in total. The highest BCUT2D eigenvalue weighted by Crippen LogP contribution is 2.32. The van der Waals surface area contributed by atoms with Gasteiger partial charge in [-0.1, -0.05) is 58.5 Å². The smallest absolute Gasteiger partial charge is 0.0567 e. The first-order chi connectivity index (χ1) is 9.97. The van der Waals surface area contributed by atoms with Crippen molar-refractivity contribution in [3.8, 4) is 0 Å². The van der Waals surface area contributed by atoms with Gasteiger partial charge in [0.15, 0.2) is 0 Å². The molecular formula is C19H28N2. The van der Waals surface area contributed by atoms with Gasteiger partial charge in [0, 0.05) is 11.9 Å². The van der Waals surface area contributed by atoms with E-state index in [4.69, 9.17) is 0 Å². The van der Waals surface area contributed by atoms with Crippen molar-refractivity contribution in [2.45, 2.75) is 46.5 Å². The Hall–Kier alpha value is -1.83. The molecule has 0 radical (unpaired) electrons. The Morgan fingerprint density at radius 2 is 1.76 bits per heavy atom. The SMILES string of the molecule is C=C(CNc1c(C(C)C)cccc1C(C)C)N=C/C=C\C. The summed E-state index contributed by atoms with van der Waals surface area (Å²) in [7, 11) is 0. The molecule has 0 saturated heterocycles. The van der Waals surface area contributed by atoms with Gasteiger partial charge >= 0.3 is 0 Å². The van der Waals surface area contributed by atoms with Crippen molar-refractivity contribution in [2.75, 3.05) is 11.9 Å². The molecule has 0 amide bonds. The van der Waals surface area contributed by atoms with Gasteiger partial charge in [-0.15, -0.1) is 0 Å². The fraction of sp³-hybridized carbons (Fsp3) is 0.421. The van der Waals surface area contributed by atoms with Crippen molar-refractivity contribution in [3.05, 3.63) is 53.8 Å². The zero-order chi connectivity index (χ0) is 15.8. The van der Waals surface area contributed by atoms with Crippen LogP contribution in [0.15, 0.2) is 47.6 Å². The summed E-state index contributed by atoms with van der Waals surface area (Å²) in [5.74, 6) is 0.983. The molecular weight excluding hydrogens is 256 g/mol. The molecule has 2 heteroatoms. The fourth-order valence-corrected chi connectivity index (χ4v) is 2.23. The lowest BCUT2D eigenvalue weighted by atomic mass is 9.92. The Balaban J connectivity index is 2.93. The highest BCUT2D eigenvalue weighted by Gasteiger charge is 2.13. The van der Waals surface area contributed by atoms with Crippen molar-refractivity contribution in [1.82, 2.24) is 0 Å². The number of hydrogen-bond acceptors (Lipinski definition) is 2. The third-order valence-corrected chi connectivity index (χ3v) is 3.38. The van der Waals surface area contributed by atoms with Crippen molar-refractivity contribution in [2.24, 2.45) is 4.99 Å². The molecule has 0 heterocycles.